The molecule has 0 heterocycles. The molecule has 1 fully saturated rings. The van der Waals surface area contributed by atoms with Crippen LogP contribution in [0.25, 0.3) is 0 Å². The number of rotatable bonds is 6. The lowest BCUT2D eigenvalue weighted by Crippen LogP contribution is -2.36. The third kappa shape index (κ3) is 4.20. The highest BCUT2D eigenvalue weighted by Crippen LogP contribution is 2.33. The van der Waals surface area contributed by atoms with Crippen LogP contribution < -0.4 is 20.5 Å². The molecule has 1 aromatic rings. The number of halogens is 2. The van der Waals surface area contributed by atoms with Crippen LogP contribution in [0.4, 0.5) is 14.5 Å². The molecule has 6 heteroatoms. The van der Waals surface area contributed by atoms with Gasteiger partial charge in [0, 0.05) is 17.8 Å². The number of hydrogen-bond donors (Lipinski definition) is 2. The van der Waals surface area contributed by atoms with Crippen molar-refractivity contribution < 1.29 is 18.3 Å². The van der Waals surface area contributed by atoms with E-state index in [4.69, 9.17) is 10.5 Å². The van der Waals surface area contributed by atoms with Crippen LogP contribution in [0.5, 0.6) is 11.5 Å². The molecule has 2 rings (SSSR count). The van der Waals surface area contributed by atoms with Crippen LogP contribution in [-0.2, 0) is 0 Å². The van der Waals surface area contributed by atoms with Crippen LogP contribution in [0, 0.1) is 5.92 Å². The van der Waals surface area contributed by atoms with E-state index in [2.05, 4.69) is 10.1 Å². The molecule has 2 unspecified atom stereocenters. The summed E-state index contributed by atoms with van der Waals surface area (Å²) in [4.78, 5) is 0. The number of anilines is 1. The van der Waals surface area contributed by atoms with Gasteiger partial charge in [0.2, 0.25) is 0 Å². The fourth-order valence-corrected chi connectivity index (χ4v) is 2.85. The molecule has 118 valence electrons. The highest BCUT2D eigenvalue weighted by molar-refractivity contribution is 5.55. The summed E-state index contributed by atoms with van der Waals surface area (Å²) in [6.45, 7) is -2.24. The van der Waals surface area contributed by atoms with E-state index in [1.807, 2.05) is 0 Å². The molecule has 0 saturated heterocycles. The van der Waals surface area contributed by atoms with E-state index in [1.54, 1.807) is 18.2 Å². The molecule has 0 amide bonds. The van der Waals surface area contributed by atoms with Crippen LogP contribution in [0.2, 0.25) is 0 Å². The van der Waals surface area contributed by atoms with Gasteiger partial charge in [0.15, 0.2) is 11.5 Å². The molecule has 1 aliphatic carbocycles. The number of nitrogens with two attached hydrogens (primary N) is 1. The monoisotopic (exact) mass is 300 g/mol. The zero-order valence-electron chi connectivity index (χ0n) is 12.1. The standard InChI is InChI=1S/C15H22F2N2O2/c1-20-13-7-6-11(8-14(13)21-15(16)17)19-12-5-3-2-4-10(12)9-18/h6-8,10,12,15,19H,2-5,9,18H2,1H3. The van der Waals surface area contributed by atoms with Gasteiger partial charge in [0.05, 0.1) is 7.11 Å². The Hall–Kier alpha value is -1.56. The van der Waals surface area contributed by atoms with Gasteiger partial charge in [-0.15, -0.1) is 0 Å². The molecular weight excluding hydrogens is 278 g/mol. The molecule has 1 saturated carbocycles. The van der Waals surface area contributed by atoms with E-state index in [9.17, 15) is 8.78 Å². The van der Waals surface area contributed by atoms with E-state index >= 15 is 0 Å². The van der Waals surface area contributed by atoms with Crippen molar-refractivity contribution in [2.75, 3.05) is 19.0 Å². The Bertz CT molecular complexity index is 457. The third-order valence-electron chi connectivity index (χ3n) is 3.94. The lowest BCUT2D eigenvalue weighted by atomic mass is 9.84. The molecule has 0 spiro atoms. The molecule has 0 radical (unpaired) electrons. The Labute approximate surface area is 123 Å². The maximum absolute atomic E-state index is 12.4. The average Bonchev–Trinajstić information content (AvgIpc) is 2.47. The summed E-state index contributed by atoms with van der Waals surface area (Å²) < 4.78 is 34.4. The predicted octanol–water partition coefficient (Wildman–Crippen LogP) is 3.23. The van der Waals surface area contributed by atoms with Gasteiger partial charge in [-0.3, -0.25) is 0 Å². The normalized spacial score (nSPS) is 22.1. The first kappa shape index (κ1) is 15.8. The third-order valence-corrected chi connectivity index (χ3v) is 3.94. The zero-order valence-corrected chi connectivity index (χ0v) is 12.1. The maximum atomic E-state index is 12.4. The van der Waals surface area contributed by atoms with Crippen molar-refractivity contribution in [3.05, 3.63) is 18.2 Å². The van der Waals surface area contributed by atoms with Gasteiger partial charge >= 0.3 is 6.61 Å². The van der Waals surface area contributed by atoms with Crippen LogP contribution in [0.3, 0.4) is 0 Å². The van der Waals surface area contributed by atoms with Gasteiger partial charge in [-0.1, -0.05) is 12.8 Å². The maximum Gasteiger partial charge on any atom is 0.387 e. The Morgan fingerprint density at radius 3 is 2.71 bits per heavy atom. The molecule has 3 N–H and O–H groups in total. The van der Waals surface area contributed by atoms with Gasteiger partial charge < -0.3 is 20.5 Å². The van der Waals surface area contributed by atoms with E-state index in [0.717, 1.165) is 24.9 Å². The number of ether oxygens (including phenoxy) is 2. The minimum absolute atomic E-state index is 0.0395. The molecule has 21 heavy (non-hydrogen) atoms. The van der Waals surface area contributed by atoms with E-state index < -0.39 is 6.61 Å². The molecule has 0 aliphatic heterocycles. The van der Waals surface area contributed by atoms with Crippen molar-refractivity contribution >= 4 is 5.69 Å². The highest BCUT2D eigenvalue weighted by atomic mass is 19.3. The minimum atomic E-state index is -2.87. The minimum Gasteiger partial charge on any atom is -0.493 e. The SMILES string of the molecule is COc1ccc(NC2CCCCC2CN)cc1OC(F)F. The molecular formula is C15H22F2N2O2. The lowest BCUT2D eigenvalue weighted by Gasteiger charge is -2.32. The van der Waals surface area contributed by atoms with Crippen LogP contribution in [0.15, 0.2) is 18.2 Å². The first-order valence-electron chi connectivity index (χ1n) is 7.23. The second kappa shape index (κ2) is 7.45. The van der Waals surface area contributed by atoms with Crippen LogP contribution in [0.1, 0.15) is 25.7 Å². The molecule has 1 aliphatic rings. The van der Waals surface area contributed by atoms with Gasteiger partial charge in [0.25, 0.3) is 0 Å². The van der Waals surface area contributed by atoms with Crippen molar-refractivity contribution in [2.45, 2.75) is 38.3 Å². The summed E-state index contributed by atoms with van der Waals surface area (Å²) in [6.07, 6.45) is 4.50. The van der Waals surface area contributed by atoms with Crippen molar-refractivity contribution in [2.24, 2.45) is 11.7 Å². The van der Waals surface area contributed by atoms with Crippen molar-refractivity contribution in [3.63, 3.8) is 0 Å². The summed E-state index contributed by atoms with van der Waals surface area (Å²) in [7, 11) is 1.42. The Morgan fingerprint density at radius 2 is 2.05 bits per heavy atom. The smallest absolute Gasteiger partial charge is 0.387 e. The molecule has 0 aromatic heterocycles. The van der Waals surface area contributed by atoms with Crippen molar-refractivity contribution in [1.29, 1.82) is 0 Å². The quantitative estimate of drug-likeness (QED) is 0.847. The lowest BCUT2D eigenvalue weighted by molar-refractivity contribution is -0.0511. The molecule has 4 nitrogen and oxygen atoms in total. The summed E-state index contributed by atoms with van der Waals surface area (Å²) in [5.74, 6) is 0.748. The molecule has 2 atom stereocenters. The second-order valence-corrected chi connectivity index (χ2v) is 5.28. The van der Waals surface area contributed by atoms with E-state index in [1.165, 1.54) is 13.5 Å². The van der Waals surface area contributed by atoms with Gasteiger partial charge in [-0.25, -0.2) is 0 Å². The average molecular weight is 300 g/mol. The van der Waals surface area contributed by atoms with Gasteiger partial charge in [0.1, 0.15) is 0 Å². The Balaban J connectivity index is 2.12. The van der Waals surface area contributed by atoms with Gasteiger partial charge in [-0.05, 0) is 37.4 Å². The summed E-state index contributed by atoms with van der Waals surface area (Å²) in [5, 5.41) is 3.39. The van der Waals surface area contributed by atoms with E-state index in [0.29, 0.717) is 18.2 Å². The fraction of sp³-hybridized carbons (Fsp3) is 0.600. The van der Waals surface area contributed by atoms with E-state index in [-0.39, 0.29) is 11.8 Å². The summed E-state index contributed by atoms with van der Waals surface area (Å²) >= 11 is 0. The zero-order chi connectivity index (χ0) is 15.2. The first-order chi connectivity index (χ1) is 10.1. The predicted molar refractivity (Wildman–Crippen MR) is 78.0 cm³/mol. The van der Waals surface area contributed by atoms with Crippen molar-refractivity contribution in [1.82, 2.24) is 0 Å². The number of alkyl halides is 2. The van der Waals surface area contributed by atoms with Crippen LogP contribution in [-0.4, -0.2) is 26.3 Å². The van der Waals surface area contributed by atoms with Crippen molar-refractivity contribution in [3.8, 4) is 11.5 Å². The summed E-state index contributed by atoms with van der Waals surface area (Å²) in [6, 6.07) is 5.25. The Morgan fingerprint density at radius 1 is 1.29 bits per heavy atom. The molecule has 0 bridgehead atoms. The Kier molecular flexibility index (Phi) is 5.61. The number of nitrogens with one attached hydrogen (secondary N) is 1. The molecule has 1 aromatic carbocycles. The number of methoxy groups -OCH3 is 1. The number of hydrogen-bond acceptors (Lipinski definition) is 4. The number of benzene rings is 1. The largest absolute Gasteiger partial charge is 0.493 e. The summed E-state index contributed by atoms with van der Waals surface area (Å²) in [5.41, 5.74) is 6.55. The topological polar surface area (TPSA) is 56.5 Å². The second-order valence-electron chi connectivity index (χ2n) is 5.28. The fourth-order valence-electron chi connectivity index (χ4n) is 2.85. The first-order valence-corrected chi connectivity index (χ1v) is 7.23. The van der Waals surface area contributed by atoms with Gasteiger partial charge in [-0.2, -0.15) is 8.78 Å². The van der Waals surface area contributed by atoms with Crippen LogP contribution >= 0.6 is 0 Å². The highest BCUT2D eigenvalue weighted by Gasteiger charge is 2.24.